The number of carbonyl (C=O) groups excluding carboxylic acids is 1. The van der Waals surface area contributed by atoms with Crippen molar-refractivity contribution in [3.05, 3.63) is 53.2 Å². The van der Waals surface area contributed by atoms with E-state index in [1.807, 2.05) is 39.9 Å². The molecular weight excluding hydrogens is 310 g/mol. The number of aromatic nitrogens is 2. The molecule has 1 aliphatic heterocycles. The number of methoxy groups -OCH3 is 1. The first-order valence-electron chi connectivity index (χ1n) is 7.55. The van der Waals surface area contributed by atoms with Gasteiger partial charge in [0.1, 0.15) is 0 Å². The summed E-state index contributed by atoms with van der Waals surface area (Å²) in [7, 11) is 1.68. The largest absolute Gasteiger partial charge is 0.382 e. The van der Waals surface area contributed by atoms with Gasteiger partial charge in [-0.05, 0) is 23.6 Å². The van der Waals surface area contributed by atoms with Gasteiger partial charge in [0.2, 0.25) is 0 Å². The highest BCUT2D eigenvalue weighted by atomic mass is 32.1. The fraction of sp³-hybridized carbons (Fsp3) is 0.294. The first-order valence-corrected chi connectivity index (χ1v) is 8.37. The molecule has 0 unspecified atom stereocenters. The van der Waals surface area contributed by atoms with Gasteiger partial charge in [0, 0.05) is 24.6 Å². The van der Waals surface area contributed by atoms with E-state index in [9.17, 15) is 4.79 Å². The number of amides is 1. The Morgan fingerprint density at radius 1 is 1.39 bits per heavy atom. The maximum absolute atomic E-state index is 12.9. The predicted octanol–water partition coefficient (Wildman–Crippen LogP) is 2.94. The number of hydrogen-bond acceptors (Lipinski definition) is 4. The molecule has 1 aliphatic rings. The van der Waals surface area contributed by atoms with Crippen LogP contribution in [0.25, 0.3) is 10.1 Å². The lowest BCUT2D eigenvalue weighted by molar-refractivity contribution is 0.0583. The highest BCUT2D eigenvalue weighted by Gasteiger charge is 2.29. The molecule has 3 heterocycles. The van der Waals surface area contributed by atoms with Crippen molar-refractivity contribution in [2.75, 3.05) is 20.3 Å². The summed E-state index contributed by atoms with van der Waals surface area (Å²) in [5.41, 5.74) is 1.05. The van der Waals surface area contributed by atoms with E-state index in [-0.39, 0.29) is 11.9 Å². The lowest BCUT2D eigenvalue weighted by Gasteiger charge is -2.33. The number of nitrogens with zero attached hydrogens (tertiary/aromatic N) is 3. The van der Waals surface area contributed by atoms with Crippen LogP contribution in [0.2, 0.25) is 0 Å². The van der Waals surface area contributed by atoms with Crippen LogP contribution in [-0.4, -0.2) is 40.8 Å². The normalized spacial score (nSPS) is 17.4. The monoisotopic (exact) mass is 327 g/mol. The van der Waals surface area contributed by atoms with Crippen molar-refractivity contribution in [2.45, 2.75) is 12.6 Å². The number of ether oxygens (including phenoxy) is 1. The summed E-state index contributed by atoms with van der Waals surface area (Å²) < 4.78 is 8.41. The zero-order valence-electron chi connectivity index (χ0n) is 12.8. The minimum atomic E-state index is 0.0667. The van der Waals surface area contributed by atoms with Crippen molar-refractivity contribution in [3.63, 3.8) is 0 Å². The van der Waals surface area contributed by atoms with Crippen molar-refractivity contribution in [3.8, 4) is 0 Å². The topological polar surface area (TPSA) is 47.4 Å². The minimum Gasteiger partial charge on any atom is -0.382 e. The van der Waals surface area contributed by atoms with Crippen LogP contribution in [0, 0.1) is 0 Å². The molecule has 1 aromatic carbocycles. The maximum atomic E-state index is 12.9. The van der Waals surface area contributed by atoms with Gasteiger partial charge in [0.05, 0.1) is 29.8 Å². The highest BCUT2D eigenvalue weighted by Crippen LogP contribution is 2.28. The van der Waals surface area contributed by atoms with Crippen LogP contribution in [0.1, 0.15) is 21.4 Å². The molecular formula is C17H17N3O2S. The van der Waals surface area contributed by atoms with Crippen LogP contribution >= 0.6 is 11.3 Å². The number of benzene rings is 1. The summed E-state index contributed by atoms with van der Waals surface area (Å²) in [5.74, 6) is 0.0831. The summed E-state index contributed by atoms with van der Waals surface area (Å²) in [6.07, 6.45) is 1.78. The Kier molecular flexibility index (Phi) is 3.63. The van der Waals surface area contributed by atoms with Crippen molar-refractivity contribution in [1.82, 2.24) is 14.7 Å². The molecule has 1 atom stereocenters. The number of hydrogen-bond donors (Lipinski definition) is 0. The zero-order chi connectivity index (χ0) is 15.8. The predicted molar refractivity (Wildman–Crippen MR) is 89.7 cm³/mol. The van der Waals surface area contributed by atoms with Gasteiger partial charge < -0.3 is 9.64 Å². The van der Waals surface area contributed by atoms with Crippen LogP contribution < -0.4 is 0 Å². The molecule has 1 amide bonds. The third kappa shape index (κ3) is 2.54. The highest BCUT2D eigenvalue weighted by molar-refractivity contribution is 7.20. The third-order valence-corrected chi connectivity index (χ3v) is 5.27. The molecule has 118 valence electrons. The Labute approximate surface area is 138 Å². The lowest BCUT2D eigenvalue weighted by atomic mass is 10.2. The van der Waals surface area contributed by atoms with Crippen LogP contribution in [0.5, 0.6) is 0 Å². The summed E-state index contributed by atoms with van der Waals surface area (Å²) in [4.78, 5) is 15.6. The number of thiophene rings is 1. The van der Waals surface area contributed by atoms with Crippen molar-refractivity contribution >= 4 is 27.3 Å². The average molecular weight is 327 g/mol. The van der Waals surface area contributed by atoms with Crippen molar-refractivity contribution in [2.24, 2.45) is 0 Å². The second-order valence-electron chi connectivity index (χ2n) is 5.71. The number of fused-ring (bicyclic) bond motifs is 2. The maximum Gasteiger partial charge on any atom is 0.264 e. The van der Waals surface area contributed by atoms with E-state index >= 15 is 0 Å². The van der Waals surface area contributed by atoms with Gasteiger partial charge >= 0.3 is 0 Å². The van der Waals surface area contributed by atoms with Crippen LogP contribution in [0.4, 0.5) is 0 Å². The van der Waals surface area contributed by atoms with E-state index in [2.05, 4.69) is 11.2 Å². The van der Waals surface area contributed by atoms with Gasteiger partial charge in [-0.1, -0.05) is 18.2 Å². The molecule has 0 saturated carbocycles. The molecule has 6 heteroatoms. The smallest absolute Gasteiger partial charge is 0.264 e. The molecule has 23 heavy (non-hydrogen) atoms. The van der Waals surface area contributed by atoms with E-state index < -0.39 is 0 Å². The Morgan fingerprint density at radius 3 is 3.09 bits per heavy atom. The van der Waals surface area contributed by atoms with Crippen LogP contribution in [0.3, 0.4) is 0 Å². The Bertz CT molecular complexity index is 821. The minimum absolute atomic E-state index is 0.0667. The second-order valence-corrected chi connectivity index (χ2v) is 6.79. The molecule has 0 N–H and O–H groups in total. The first-order chi connectivity index (χ1) is 11.3. The Hall–Kier alpha value is -2.18. The third-order valence-electron chi connectivity index (χ3n) is 4.16. The molecule has 5 nitrogen and oxygen atoms in total. The summed E-state index contributed by atoms with van der Waals surface area (Å²) in [6, 6.07) is 12.1. The van der Waals surface area contributed by atoms with Crippen LogP contribution in [-0.2, 0) is 11.3 Å². The van der Waals surface area contributed by atoms with Gasteiger partial charge in [-0.25, -0.2) is 0 Å². The molecule has 2 aromatic heterocycles. The quantitative estimate of drug-likeness (QED) is 0.743. The standard InChI is InChI=1S/C17H17N3O2S/c1-22-11-14-10-19(9-13-6-7-18-20(13)14)17(21)16-8-12-4-2-3-5-15(12)23-16/h2-8,14H,9-11H2,1H3/t14-/m0/s1. The Balaban J connectivity index is 1.63. The van der Waals surface area contributed by atoms with E-state index in [0.717, 1.165) is 20.7 Å². The zero-order valence-corrected chi connectivity index (χ0v) is 13.6. The molecule has 0 fully saturated rings. The number of carbonyl (C=O) groups is 1. The van der Waals surface area contributed by atoms with Crippen molar-refractivity contribution in [1.29, 1.82) is 0 Å². The van der Waals surface area contributed by atoms with Crippen LogP contribution in [0.15, 0.2) is 42.6 Å². The van der Waals surface area contributed by atoms with Gasteiger partial charge in [-0.2, -0.15) is 5.10 Å². The molecule has 0 radical (unpaired) electrons. The van der Waals surface area contributed by atoms with Gasteiger partial charge in [-0.3, -0.25) is 9.48 Å². The fourth-order valence-electron chi connectivity index (χ4n) is 3.10. The molecule has 0 spiro atoms. The lowest BCUT2D eigenvalue weighted by Crippen LogP contribution is -2.42. The van der Waals surface area contributed by atoms with E-state index in [1.165, 1.54) is 0 Å². The van der Waals surface area contributed by atoms with Gasteiger partial charge in [-0.15, -0.1) is 11.3 Å². The summed E-state index contributed by atoms with van der Waals surface area (Å²) in [6.45, 7) is 1.76. The second kappa shape index (κ2) is 5.79. The fourth-order valence-corrected chi connectivity index (χ4v) is 4.13. The molecule has 0 aliphatic carbocycles. The van der Waals surface area contributed by atoms with E-state index in [0.29, 0.717) is 19.7 Å². The van der Waals surface area contributed by atoms with Gasteiger partial charge in [0.25, 0.3) is 5.91 Å². The van der Waals surface area contributed by atoms with E-state index in [4.69, 9.17) is 4.74 Å². The number of rotatable bonds is 3. The summed E-state index contributed by atoms with van der Waals surface area (Å²) in [5, 5.41) is 5.48. The summed E-state index contributed by atoms with van der Waals surface area (Å²) >= 11 is 1.55. The Morgan fingerprint density at radius 2 is 2.26 bits per heavy atom. The first kappa shape index (κ1) is 14.4. The molecule has 0 saturated heterocycles. The molecule has 0 bridgehead atoms. The molecule has 3 aromatic rings. The SMILES string of the molecule is COC[C@@H]1CN(C(=O)c2cc3ccccc3s2)Cc2ccnn21. The average Bonchev–Trinajstić information content (AvgIpc) is 3.20. The van der Waals surface area contributed by atoms with E-state index in [1.54, 1.807) is 24.6 Å². The van der Waals surface area contributed by atoms with Crippen molar-refractivity contribution < 1.29 is 9.53 Å². The van der Waals surface area contributed by atoms with Gasteiger partial charge in [0.15, 0.2) is 0 Å². The molecule has 4 rings (SSSR count).